The molecule has 0 saturated heterocycles. The number of benzene rings is 2. The zero-order valence-corrected chi connectivity index (χ0v) is 11.8. The number of carbonyl (C=O) groups is 1. The van der Waals surface area contributed by atoms with Gasteiger partial charge in [0.25, 0.3) is 0 Å². The van der Waals surface area contributed by atoms with Crippen molar-refractivity contribution in [2.24, 2.45) is 0 Å². The van der Waals surface area contributed by atoms with Crippen molar-refractivity contribution in [3.63, 3.8) is 0 Å². The average molecular weight is 265 g/mol. The maximum atomic E-state index is 10.9. The number of nitrogens with zero attached hydrogens (tertiary/aromatic N) is 1. The normalized spacial score (nSPS) is 14.8. The van der Waals surface area contributed by atoms with Crippen molar-refractivity contribution in [2.75, 3.05) is 6.54 Å². The van der Waals surface area contributed by atoms with Gasteiger partial charge in [0.2, 0.25) is 0 Å². The van der Waals surface area contributed by atoms with Crippen molar-refractivity contribution >= 4 is 6.29 Å². The molecule has 0 aromatic heterocycles. The minimum atomic E-state index is 0.779. The lowest BCUT2D eigenvalue weighted by atomic mass is 9.97. The highest BCUT2D eigenvalue weighted by Gasteiger charge is 2.16. The van der Waals surface area contributed by atoms with Crippen LogP contribution in [0, 0.1) is 6.92 Å². The molecule has 102 valence electrons. The fourth-order valence-corrected chi connectivity index (χ4v) is 2.80. The van der Waals surface area contributed by atoms with Crippen LogP contribution >= 0.6 is 0 Å². The summed E-state index contributed by atoms with van der Waals surface area (Å²) in [6, 6.07) is 14.8. The van der Waals surface area contributed by atoms with Crippen LogP contribution in [-0.4, -0.2) is 17.7 Å². The van der Waals surface area contributed by atoms with Crippen molar-refractivity contribution < 1.29 is 4.79 Å². The van der Waals surface area contributed by atoms with Gasteiger partial charge in [-0.1, -0.05) is 42.0 Å². The maximum Gasteiger partial charge on any atom is 0.150 e. The molecule has 0 aliphatic carbocycles. The Hall–Kier alpha value is -1.93. The summed E-state index contributed by atoms with van der Waals surface area (Å²) in [6.45, 7) is 5.11. The molecule has 0 saturated carbocycles. The molecule has 0 atom stereocenters. The first-order valence-electron chi connectivity index (χ1n) is 7.09. The van der Waals surface area contributed by atoms with E-state index < -0.39 is 0 Å². The van der Waals surface area contributed by atoms with Gasteiger partial charge in [-0.2, -0.15) is 0 Å². The van der Waals surface area contributed by atoms with Crippen LogP contribution in [0.3, 0.4) is 0 Å². The molecule has 0 N–H and O–H groups in total. The summed E-state index contributed by atoms with van der Waals surface area (Å²) in [5, 5.41) is 0. The third-order valence-electron chi connectivity index (χ3n) is 3.98. The molecule has 0 amide bonds. The minimum absolute atomic E-state index is 0.779. The quantitative estimate of drug-likeness (QED) is 0.793. The summed E-state index contributed by atoms with van der Waals surface area (Å²) < 4.78 is 0. The molecule has 2 heteroatoms. The van der Waals surface area contributed by atoms with Crippen LogP contribution in [0.15, 0.2) is 42.5 Å². The van der Waals surface area contributed by atoms with E-state index in [1.165, 1.54) is 22.3 Å². The van der Waals surface area contributed by atoms with Gasteiger partial charge in [0.05, 0.1) is 0 Å². The lowest BCUT2D eigenvalue weighted by Crippen LogP contribution is -2.30. The maximum absolute atomic E-state index is 10.9. The second-order valence-corrected chi connectivity index (χ2v) is 5.59. The third-order valence-corrected chi connectivity index (χ3v) is 3.98. The summed E-state index contributed by atoms with van der Waals surface area (Å²) >= 11 is 0. The van der Waals surface area contributed by atoms with Crippen molar-refractivity contribution in [2.45, 2.75) is 26.4 Å². The molecule has 0 unspecified atom stereocenters. The molecule has 2 aromatic rings. The molecule has 20 heavy (non-hydrogen) atoms. The molecule has 0 spiro atoms. The number of aryl methyl sites for hydroxylation is 1. The molecule has 2 aromatic carbocycles. The fraction of sp³-hybridized carbons (Fsp3) is 0.278. The second-order valence-electron chi connectivity index (χ2n) is 5.59. The summed E-state index contributed by atoms with van der Waals surface area (Å²) in [7, 11) is 0. The lowest BCUT2D eigenvalue weighted by Gasteiger charge is -2.29. The Bertz CT molecular complexity index is 616. The summed E-state index contributed by atoms with van der Waals surface area (Å²) in [4.78, 5) is 13.3. The third kappa shape index (κ3) is 2.81. The monoisotopic (exact) mass is 265 g/mol. The summed E-state index contributed by atoms with van der Waals surface area (Å²) in [5.74, 6) is 0. The Labute approximate surface area is 120 Å². The van der Waals surface area contributed by atoms with Crippen molar-refractivity contribution in [1.82, 2.24) is 4.90 Å². The molecular weight excluding hydrogens is 246 g/mol. The van der Waals surface area contributed by atoms with Gasteiger partial charge >= 0.3 is 0 Å². The number of hydrogen-bond donors (Lipinski definition) is 0. The van der Waals surface area contributed by atoms with Crippen molar-refractivity contribution in [3.8, 4) is 0 Å². The van der Waals surface area contributed by atoms with Crippen molar-refractivity contribution in [1.29, 1.82) is 0 Å². The SMILES string of the molecule is Cc1ccc(CN2CCc3ccc(C=O)cc3C2)cc1. The van der Waals surface area contributed by atoms with E-state index in [-0.39, 0.29) is 0 Å². The van der Waals surface area contributed by atoms with Gasteiger partial charge in [0, 0.05) is 25.2 Å². The van der Waals surface area contributed by atoms with E-state index in [9.17, 15) is 4.79 Å². The number of rotatable bonds is 3. The molecule has 3 rings (SSSR count). The fourth-order valence-electron chi connectivity index (χ4n) is 2.80. The van der Waals surface area contributed by atoms with E-state index in [1.807, 2.05) is 12.1 Å². The van der Waals surface area contributed by atoms with Crippen LogP contribution < -0.4 is 0 Å². The van der Waals surface area contributed by atoms with E-state index in [0.717, 1.165) is 37.9 Å². The molecular formula is C18H19NO. The van der Waals surface area contributed by atoms with E-state index in [0.29, 0.717) is 0 Å². The van der Waals surface area contributed by atoms with Gasteiger partial charge < -0.3 is 0 Å². The highest BCUT2D eigenvalue weighted by molar-refractivity contribution is 5.75. The Balaban J connectivity index is 1.74. The minimum Gasteiger partial charge on any atom is -0.298 e. The van der Waals surface area contributed by atoms with Gasteiger partial charge in [-0.05, 0) is 36.1 Å². The highest BCUT2D eigenvalue weighted by Crippen LogP contribution is 2.21. The molecule has 1 heterocycles. The average Bonchev–Trinajstić information content (AvgIpc) is 2.49. The zero-order valence-electron chi connectivity index (χ0n) is 11.8. The van der Waals surface area contributed by atoms with Crippen LogP contribution in [0.2, 0.25) is 0 Å². The Morgan fingerprint density at radius 1 is 1.10 bits per heavy atom. The van der Waals surface area contributed by atoms with Crippen molar-refractivity contribution in [3.05, 3.63) is 70.3 Å². The molecule has 1 aliphatic heterocycles. The van der Waals surface area contributed by atoms with E-state index in [4.69, 9.17) is 0 Å². The predicted molar refractivity (Wildman–Crippen MR) is 80.8 cm³/mol. The summed E-state index contributed by atoms with van der Waals surface area (Å²) in [6.07, 6.45) is 2.00. The molecule has 0 bridgehead atoms. The number of hydrogen-bond acceptors (Lipinski definition) is 2. The van der Waals surface area contributed by atoms with Crippen LogP contribution in [0.4, 0.5) is 0 Å². The Morgan fingerprint density at radius 3 is 2.65 bits per heavy atom. The molecule has 2 nitrogen and oxygen atoms in total. The van der Waals surface area contributed by atoms with Crippen LogP contribution in [0.1, 0.15) is 32.6 Å². The highest BCUT2D eigenvalue weighted by atomic mass is 16.1. The summed E-state index contributed by atoms with van der Waals surface area (Å²) in [5.41, 5.74) is 6.11. The molecule has 0 radical (unpaired) electrons. The van der Waals surface area contributed by atoms with Gasteiger partial charge in [-0.15, -0.1) is 0 Å². The predicted octanol–water partition coefficient (Wildman–Crippen LogP) is 3.37. The van der Waals surface area contributed by atoms with E-state index in [2.05, 4.69) is 42.2 Å². The topological polar surface area (TPSA) is 20.3 Å². The Kier molecular flexibility index (Phi) is 3.66. The first kappa shape index (κ1) is 13.1. The molecule has 1 aliphatic rings. The second kappa shape index (κ2) is 5.59. The number of aldehydes is 1. The largest absolute Gasteiger partial charge is 0.298 e. The smallest absolute Gasteiger partial charge is 0.150 e. The molecule has 0 fully saturated rings. The first-order valence-corrected chi connectivity index (χ1v) is 7.09. The van der Waals surface area contributed by atoms with Crippen LogP contribution in [-0.2, 0) is 19.5 Å². The lowest BCUT2D eigenvalue weighted by molar-refractivity contribution is 0.112. The zero-order chi connectivity index (χ0) is 13.9. The first-order chi connectivity index (χ1) is 9.74. The number of fused-ring (bicyclic) bond motifs is 1. The van der Waals surface area contributed by atoms with Gasteiger partial charge in [-0.25, -0.2) is 0 Å². The van der Waals surface area contributed by atoms with E-state index >= 15 is 0 Å². The van der Waals surface area contributed by atoms with Gasteiger partial charge in [0.1, 0.15) is 6.29 Å². The van der Waals surface area contributed by atoms with Gasteiger partial charge in [0.15, 0.2) is 0 Å². The number of carbonyl (C=O) groups excluding carboxylic acids is 1. The van der Waals surface area contributed by atoms with Crippen LogP contribution in [0.25, 0.3) is 0 Å². The van der Waals surface area contributed by atoms with E-state index in [1.54, 1.807) is 0 Å². The Morgan fingerprint density at radius 2 is 1.90 bits per heavy atom. The standard InChI is InChI=1S/C18H19NO/c1-14-2-4-15(5-3-14)11-19-9-8-17-7-6-16(13-20)10-18(17)12-19/h2-7,10,13H,8-9,11-12H2,1H3. The van der Waals surface area contributed by atoms with Gasteiger partial charge in [-0.3, -0.25) is 9.69 Å². The van der Waals surface area contributed by atoms with Crippen LogP contribution in [0.5, 0.6) is 0 Å².